The molecular formula is C13H19N3O2. The molecule has 0 saturated carbocycles. The minimum absolute atomic E-state index is 0.0884. The molecule has 1 aromatic heterocycles. The Morgan fingerprint density at radius 1 is 1.61 bits per heavy atom. The average molecular weight is 249 g/mol. The van der Waals surface area contributed by atoms with Crippen molar-refractivity contribution in [2.45, 2.75) is 25.8 Å². The molecule has 1 amide bonds. The molecule has 2 heterocycles. The van der Waals surface area contributed by atoms with Crippen molar-refractivity contribution >= 4 is 11.6 Å². The lowest BCUT2D eigenvalue weighted by Crippen LogP contribution is -2.40. The fraction of sp³-hybridized carbons (Fsp3) is 0.538. The molecule has 1 atom stereocenters. The summed E-state index contributed by atoms with van der Waals surface area (Å²) in [5.74, 6) is -0.0884. The van der Waals surface area contributed by atoms with Crippen LogP contribution in [0.25, 0.3) is 0 Å². The summed E-state index contributed by atoms with van der Waals surface area (Å²) in [6, 6.07) is 1.93. The summed E-state index contributed by atoms with van der Waals surface area (Å²) < 4.78 is 5.35. The van der Waals surface area contributed by atoms with Crippen molar-refractivity contribution < 1.29 is 9.53 Å². The number of aromatic nitrogens is 1. The quantitative estimate of drug-likeness (QED) is 0.847. The number of hydrogen-bond acceptors (Lipinski definition) is 4. The Kier molecular flexibility index (Phi) is 4.52. The van der Waals surface area contributed by atoms with Crippen LogP contribution in [0.2, 0.25) is 0 Å². The summed E-state index contributed by atoms with van der Waals surface area (Å²) >= 11 is 0. The number of carbonyl (C=O) groups is 1. The fourth-order valence-corrected chi connectivity index (χ4v) is 2.04. The second-order valence-corrected chi connectivity index (χ2v) is 4.34. The highest BCUT2D eigenvalue weighted by molar-refractivity contribution is 5.99. The van der Waals surface area contributed by atoms with Gasteiger partial charge in [-0.15, -0.1) is 0 Å². The van der Waals surface area contributed by atoms with E-state index in [1.165, 1.54) is 0 Å². The highest BCUT2D eigenvalue weighted by atomic mass is 16.5. The zero-order valence-electron chi connectivity index (χ0n) is 10.6. The van der Waals surface area contributed by atoms with Gasteiger partial charge in [-0.3, -0.25) is 9.78 Å². The highest BCUT2D eigenvalue weighted by Gasteiger charge is 2.18. The molecule has 5 nitrogen and oxygen atoms in total. The van der Waals surface area contributed by atoms with Crippen LogP contribution in [0.5, 0.6) is 0 Å². The molecule has 0 aromatic carbocycles. The Balaban J connectivity index is 2.03. The molecule has 0 spiro atoms. The summed E-state index contributed by atoms with van der Waals surface area (Å²) in [6.07, 6.45) is 5.25. The molecule has 1 aliphatic rings. The van der Waals surface area contributed by atoms with E-state index in [0.29, 0.717) is 12.2 Å². The van der Waals surface area contributed by atoms with Crippen LogP contribution in [0.3, 0.4) is 0 Å². The third kappa shape index (κ3) is 3.20. The van der Waals surface area contributed by atoms with E-state index in [1.54, 1.807) is 12.4 Å². The summed E-state index contributed by atoms with van der Waals surface area (Å²) in [5.41, 5.74) is 1.41. The Hall–Kier alpha value is -1.62. The molecule has 1 saturated heterocycles. The summed E-state index contributed by atoms with van der Waals surface area (Å²) in [7, 11) is 0. The topological polar surface area (TPSA) is 63.2 Å². The Morgan fingerprint density at radius 3 is 3.22 bits per heavy atom. The van der Waals surface area contributed by atoms with E-state index in [0.717, 1.165) is 31.7 Å². The molecule has 1 fully saturated rings. The van der Waals surface area contributed by atoms with Crippen LogP contribution in [0, 0.1) is 0 Å². The molecule has 2 rings (SSSR count). The van der Waals surface area contributed by atoms with Crippen LogP contribution in [0.4, 0.5) is 5.69 Å². The van der Waals surface area contributed by atoms with Gasteiger partial charge in [0.15, 0.2) is 0 Å². The number of nitrogens with one attached hydrogen (secondary N) is 2. The van der Waals surface area contributed by atoms with Crippen molar-refractivity contribution in [2.24, 2.45) is 0 Å². The minimum atomic E-state index is -0.0884. The lowest BCUT2D eigenvalue weighted by atomic mass is 10.1. The summed E-state index contributed by atoms with van der Waals surface area (Å²) in [6.45, 7) is 4.17. The normalized spacial score (nSPS) is 19.3. The third-order valence-corrected chi connectivity index (χ3v) is 2.93. The maximum atomic E-state index is 12.2. The molecular weight excluding hydrogens is 230 g/mol. The van der Waals surface area contributed by atoms with Crippen LogP contribution in [-0.2, 0) is 4.74 Å². The average Bonchev–Trinajstić information content (AvgIpc) is 2.41. The molecule has 2 N–H and O–H groups in total. The number of pyridine rings is 1. The van der Waals surface area contributed by atoms with E-state index in [-0.39, 0.29) is 11.9 Å². The number of rotatable bonds is 4. The maximum Gasteiger partial charge on any atom is 0.255 e. The first kappa shape index (κ1) is 12.8. The molecule has 1 unspecified atom stereocenters. The first-order valence-electron chi connectivity index (χ1n) is 6.37. The monoisotopic (exact) mass is 249 g/mol. The molecule has 1 aliphatic heterocycles. The third-order valence-electron chi connectivity index (χ3n) is 2.93. The smallest absolute Gasteiger partial charge is 0.255 e. The first-order valence-corrected chi connectivity index (χ1v) is 6.37. The maximum absolute atomic E-state index is 12.2. The lowest BCUT2D eigenvalue weighted by molar-refractivity contribution is 0.0624. The van der Waals surface area contributed by atoms with Gasteiger partial charge in [-0.2, -0.15) is 0 Å². The van der Waals surface area contributed by atoms with Gasteiger partial charge in [0.1, 0.15) is 0 Å². The number of anilines is 1. The van der Waals surface area contributed by atoms with Gasteiger partial charge in [0.25, 0.3) is 5.91 Å². The van der Waals surface area contributed by atoms with Gasteiger partial charge < -0.3 is 15.4 Å². The molecule has 5 heteroatoms. The predicted octanol–water partition coefficient (Wildman–Crippen LogP) is 1.42. The summed E-state index contributed by atoms with van der Waals surface area (Å²) in [5, 5.41) is 6.15. The number of carbonyl (C=O) groups excluding carboxylic acids is 1. The number of nitrogens with zero attached hydrogens (tertiary/aromatic N) is 1. The predicted molar refractivity (Wildman–Crippen MR) is 69.7 cm³/mol. The van der Waals surface area contributed by atoms with Gasteiger partial charge in [-0.1, -0.05) is 0 Å². The van der Waals surface area contributed by atoms with Gasteiger partial charge >= 0.3 is 0 Å². The van der Waals surface area contributed by atoms with Crippen molar-refractivity contribution in [3.8, 4) is 0 Å². The molecule has 18 heavy (non-hydrogen) atoms. The molecule has 0 bridgehead atoms. The van der Waals surface area contributed by atoms with Gasteiger partial charge in [0, 0.05) is 25.5 Å². The van der Waals surface area contributed by atoms with Gasteiger partial charge in [-0.05, 0) is 25.8 Å². The molecule has 98 valence electrons. The molecule has 0 radical (unpaired) electrons. The fourth-order valence-electron chi connectivity index (χ4n) is 2.04. The highest BCUT2D eigenvalue weighted by Crippen LogP contribution is 2.14. The van der Waals surface area contributed by atoms with Crippen LogP contribution in [0.15, 0.2) is 18.5 Å². The number of ether oxygens (including phenoxy) is 1. The second kappa shape index (κ2) is 6.35. The van der Waals surface area contributed by atoms with Gasteiger partial charge in [0.05, 0.1) is 23.9 Å². The van der Waals surface area contributed by atoms with E-state index in [4.69, 9.17) is 4.74 Å². The Labute approximate surface area is 107 Å². The Morgan fingerprint density at radius 2 is 2.50 bits per heavy atom. The second-order valence-electron chi connectivity index (χ2n) is 4.34. The van der Waals surface area contributed by atoms with E-state index >= 15 is 0 Å². The van der Waals surface area contributed by atoms with Crippen LogP contribution >= 0.6 is 0 Å². The standard InChI is InChI=1S/C13H19N3O2/c1-2-15-12-5-6-14-8-11(12)13(17)16-10-4-3-7-18-9-10/h5-6,8,10H,2-4,7,9H2,1H3,(H,14,15)(H,16,17). The molecule has 1 aromatic rings. The van der Waals surface area contributed by atoms with Gasteiger partial charge in [-0.25, -0.2) is 0 Å². The summed E-state index contributed by atoms with van der Waals surface area (Å²) in [4.78, 5) is 16.2. The Bertz CT molecular complexity index is 403. The first-order chi connectivity index (χ1) is 8.81. The van der Waals surface area contributed by atoms with Crippen molar-refractivity contribution in [1.82, 2.24) is 10.3 Å². The van der Waals surface area contributed by atoms with Gasteiger partial charge in [0.2, 0.25) is 0 Å². The molecule has 0 aliphatic carbocycles. The van der Waals surface area contributed by atoms with E-state index in [1.807, 2.05) is 13.0 Å². The van der Waals surface area contributed by atoms with Crippen molar-refractivity contribution in [3.63, 3.8) is 0 Å². The number of hydrogen-bond donors (Lipinski definition) is 2. The van der Waals surface area contributed by atoms with E-state index in [9.17, 15) is 4.79 Å². The van der Waals surface area contributed by atoms with E-state index < -0.39 is 0 Å². The zero-order chi connectivity index (χ0) is 12.8. The largest absolute Gasteiger partial charge is 0.385 e. The SMILES string of the molecule is CCNc1ccncc1C(=O)NC1CCCOC1. The van der Waals surface area contributed by atoms with Crippen LogP contribution < -0.4 is 10.6 Å². The van der Waals surface area contributed by atoms with Crippen molar-refractivity contribution in [3.05, 3.63) is 24.0 Å². The zero-order valence-corrected chi connectivity index (χ0v) is 10.6. The van der Waals surface area contributed by atoms with E-state index in [2.05, 4.69) is 15.6 Å². The van der Waals surface area contributed by atoms with Crippen LogP contribution in [-0.4, -0.2) is 36.7 Å². The van der Waals surface area contributed by atoms with Crippen molar-refractivity contribution in [1.29, 1.82) is 0 Å². The minimum Gasteiger partial charge on any atom is -0.385 e. The van der Waals surface area contributed by atoms with Crippen LogP contribution in [0.1, 0.15) is 30.1 Å². The lowest BCUT2D eigenvalue weighted by Gasteiger charge is -2.23. The number of amides is 1. The van der Waals surface area contributed by atoms with Crippen molar-refractivity contribution in [2.75, 3.05) is 25.1 Å².